The summed E-state index contributed by atoms with van der Waals surface area (Å²) in [5.41, 5.74) is 2.83. The minimum Gasteiger partial charge on any atom is -0.384 e. The molecule has 0 aliphatic rings. The molecule has 162 valence electrons. The highest BCUT2D eigenvalue weighted by Crippen LogP contribution is 2.35. The van der Waals surface area contributed by atoms with Crippen LogP contribution in [-0.2, 0) is 10.2 Å². The largest absolute Gasteiger partial charge is 0.384 e. The Kier molecular flexibility index (Phi) is 5.01. The van der Waals surface area contributed by atoms with E-state index < -0.39 is 5.41 Å². The second-order valence-corrected chi connectivity index (χ2v) is 9.74. The highest BCUT2D eigenvalue weighted by atomic mass is 19.1. The van der Waals surface area contributed by atoms with Gasteiger partial charge in [-0.1, -0.05) is 34.6 Å². The predicted octanol–water partition coefficient (Wildman–Crippen LogP) is 5.73. The van der Waals surface area contributed by atoms with Crippen LogP contribution in [0.25, 0.3) is 27.5 Å². The maximum Gasteiger partial charge on any atom is 0.252 e. The molecule has 2 heterocycles. The van der Waals surface area contributed by atoms with Crippen LogP contribution in [0.2, 0.25) is 0 Å². The van der Waals surface area contributed by atoms with Gasteiger partial charge in [0.25, 0.3) is 5.91 Å². The van der Waals surface area contributed by atoms with Gasteiger partial charge in [0.1, 0.15) is 5.82 Å². The van der Waals surface area contributed by atoms with Crippen molar-refractivity contribution in [3.8, 4) is 5.69 Å². The van der Waals surface area contributed by atoms with Crippen molar-refractivity contribution in [1.82, 2.24) is 14.3 Å². The van der Waals surface area contributed by atoms with Gasteiger partial charge in [0.2, 0.25) is 0 Å². The van der Waals surface area contributed by atoms with E-state index in [1.54, 1.807) is 25.4 Å². The van der Waals surface area contributed by atoms with E-state index in [-0.39, 0.29) is 17.1 Å². The molecule has 4 aromatic rings. The molecule has 0 saturated heterocycles. The van der Waals surface area contributed by atoms with Crippen LogP contribution in [0.4, 0.5) is 4.39 Å². The van der Waals surface area contributed by atoms with Crippen LogP contribution in [0, 0.1) is 11.2 Å². The summed E-state index contributed by atoms with van der Waals surface area (Å²) in [6.45, 7) is 10.4. The maximum absolute atomic E-state index is 13.6. The number of fused-ring (bicyclic) bond motifs is 2. The van der Waals surface area contributed by atoms with Crippen molar-refractivity contribution in [2.24, 2.45) is 5.41 Å². The molecule has 0 bridgehead atoms. The van der Waals surface area contributed by atoms with Crippen LogP contribution >= 0.6 is 0 Å². The maximum atomic E-state index is 13.6. The van der Waals surface area contributed by atoms with Crippen LogP contribution in [0.5, 0.6) is 0 Å². The average molecular weight is 422 g/mol. The normalized spacial score (nSPS) is 12.7. The molecule has 31 heavy (non-hydrogen) atoms. The second kappa shape index (κ2) is 7.31. The zero-order valence-corrected chi connectivity index (χ0v) is 18.9. The highest BCUT2D eigenvalue weighted by molar-refractivity contribution is 6.01. The van der Waals surface area contributed by atoms with Gasteiger partial charge in [0.05, 0.1) is 23.8 Å². The lowest BCUT2D eigenvalue weighted by molar-refractivity contribution is 0.0755. The fourth-order valence-electron chi connectivity index (χ4n) is 4.01. The molecule has 0 spiro atoms. The monoisotopic (exact) mass is 421 g/mol. The summed E-state index contributed by atoms with van der Waals surface area (Å²) in [6.07, 6.45) is 1.72. The number of benzene rings is 2. The van der Waals surface area contributed by atoms with Crippen molar-refractivity contribution in [3.05, 3.63) is 60.2 Å². The molecule has 0 unspecified atom stereocenters. The standard InChI is InChI=1S/C25H28FN3O2/c1-24(2,3)23(30)29-21-11-16-13-22(25(4,5)15-31-6)28(19-9-7-18(26)8-10-19)20(16)12-17(21)14-27-29/h7-14H,15H2,1-6H3. The van der Waals surface area contributed by atoms with E-state index in [1.165, 1.54) is 16.8 Å². The van der Waals surface area contributed by atoms with Gasteiger partial charge in [-0.15, -0.1) is 0 Å². The predicted molar refractivity (Wildman–Crippen MR) is 122 cm³/mol. The summed E-state index contributed by atoms with van der Waals surface area (Å²) in [7, 11) is 1.69. The van der Waals surface area contributed by atoms with Gasteiger partial charge in [-0.2, -0.15) is 9.78 Å². The number of methoxy groups -OCH3 is 1. The number of carbonyl (C=O) groups excluding carboxylic acids is 1. The average Bonchev–Trinajstić information content (AvgIpc) is 3.27. The van der Waals surface area contributed by atoms with E-state index in [2.05, 4.69) is 29.6 Å². The Balaban J connectivity index is 2.01. The molecule has 2 aromatic heterocycles. The number of halogens is 1. The van der Waals surface area contributed by atoms with Gasteiger partial charge in [-0.05, 0) is 42.5 Å². The number of nitrogens with zero attached hydrogens (tertiary/aromatic N) is 3. The van der Waals surface area contributed by atoms with E-state index in [4.69, 9.17) is 4.74 Å². The highest BCUT2D eigenvalue weighted by Gasteiger charge is 2.29. The number of carbonyl (C=O) groups is 1. The minimum absolute atomic E-state index is 0.0558. The van der Waals surface area contributed by atoms with E-state index in [9.17, 15) is 9.18 Å². The summed E-state index contributed by atoms with van der Waals surface area (Å²) in [6, 6.07) is 12.7. The number of hydrogen-bond acceptors (Lipinski definition) is 3. The van der Waals surface area contributed by atoms with Crippen LogP contribution in [0.15, 0.2) is 48.7 Å². The lowest BCUT2D eigenvalue weighted by Gasteiger charge is -2.26. The van der Waals surface area contributed by atoms with Gasteiger partial charge < -0.3 is 9.30 Å². The van der Waals surface area contributed by atoms with Crippen molar-refractivity contribution in [2.75, 3.05) is 13.7 Å². The second-order valence-electron chi connectivity index (χ2n) is 9.74. The summed E-state index contributed by atoms with van der Waals surface area (Å²) < 4.78 is 22.7. The molecule has 2 aromatic carbocycles. The number of ether oxygens (including phenoxy) is 1. The fraction of sp³-hybridized carbons (Fsp3) is 0.360. The first-order valence-electron chi connectivity index (χ1n) is 10.4. The van der Waals surface area contributed by atoms with Crippen LogP contribution in [-0.4, -0.2) is 34.0 Å². The zero-order valence-electron chi connectivity index (χ0n) is 18.9. The molecule has 4 rings (SSSR count). The van der Waals surface area contributed by atoms with Crippen LogP contribution in [0.3, 0.4) is 0 Å². The van der Waals surface area contributed by atoms with Gasteiger partial charge in [0.15, 0.2) is 0 Å². The third-order valence-electron chi connectivity index (χ3n) is 5.61. The lowest BCUT2D eigenvalue weighted by Crippen LogP contribution is -2.27. The Hall–Kier alpha value is -2.99. The molecular formula is C25H28FN3O2. The van der Waals surface area contributed by atoms with Gasteiger partial charge >= 0.3 is 0 Å². The molecule has 0 fully saturated rings. The third kappa shape index (κ3) is 3.65. The van der Waals surface area contributed by atoms with Gasteiger partial charge in [0, 0.05) is 40.1 Å². The fourth-order valence-corrected chi connectivity index (χ4v) is 4.01. The SMILES string of the molecule is COCC(C)(C)c1cc2cc3c(cnn3C(=O)C(C)(C)C)cc2n1-c1ccc(F)cc1. The molecule has 0 saturated carbocycles. The summed E-state index contributed by atoms with van der Waals surface area (Å²) in [5.74, 6) is -0.331. The Morgan fingerprint density at radius 3 is 2.26 bits per heavy atom. The van der Waals surface area contributed by atoms with Crippen LogP contribution in [0.1, 0.15) is 45.1 Å². The van der Waals surface area contributed by atoms with Crippen molar-refractivity contribution < 1.29 is 13.9 Å². The zero-order chi connectivity index (χ0) is 22.6. The first kappa shape index (κ1) is 21.2. The Morgan fingerprint density at radius 2 is 1.65 bits per heavy atom. The molecule has 0 aliphatic heterocycles. The third-order valence-corrected chi connectivity index (χ3v) is 5.61. The molecule has 0 aliphatic carbocycles. The van der Waals surface area contributed by atoms with E-state index in [0.29, 0.717) is 6.61 Å². The Morgan fingerprint density at radius 1 is 1.00 bits per heavy atom. The molecular weight excluding hydrogens is 393 g/mol. The number of hydrogen-bond donors (Lipinski definition) is 0. The van der Waals surface area contributed by atoms with Crippen molar-refractivity contribution in [1.29, 1.82) is 0 Å². The van der Waals surface area contributed by atoms with Crippen molar-refractivity contribution >= 4 is 27.7 Å². The summed E-state index contributed by atoms with van der Waals surface area (Å²) in [5, 5.41) is 6.23. The van der Waals surface area contributed by atoms with E-state index in [0.717, 1.165) is 33.2 Å². The molecule has 0 N–H and O–H groups in total. The Bertz CT molecular complexity index is 1270. The number of aromatic nitrogens is 3. The quantitative estimate of drug-likeness (QED) is 0.423. The first-order chi connectivity index (χ1) is 14.5. The van der Waals surface area contributed by atoms with E-state index >= 15 is 0 Å². The topological polar surface area (TPSA) is 49.1 Å². The van der Waals surface area contributed by atoms with Crippen molar-refractivity contribution in [2.45, 2.75) is 40.0 Å². The summed E-state index contributed by atoms with van der Waals surface area (Å²) in [4.78, 5) is 12.9. The Labute approximate surface area is 181 Å². The van der Waals surface area contributed by atoms with Gasteiger partial charge in [-0.3, -0.25) is 4.79 Å². The first-order valence-corrected chi connectivity index (χ1v) is 10.4. The molecule has 0 atom stereocenters. The smallest absolute Gasteiger partial charge is 0.252 e. The molecule has 0 amide bonds. The lowest BCUT2D eigenvalue weighted by atomic mass is 9.90. The molecule has 0 radical (unpaired) electrons. The van der Waals surface area contributed by atoms with E-state index in [1.807, 2.05) is 32.9 Å². The molecule has 5 nitrogen and oxygen atoms in total. The van der Waals surface area contributed by atoms with Crippen molar-refractivity contribution in [3.63, 3.8) is 0 Å². The summed E-state index contributed by atoms with van der Waals surface area (Å²) >= 11 is 0. The molecule has 6 heteroatoms. The van der Waals surface area contributed by atoms with Crippen LogP contribution < -0.4 is 0 Å². The van der Waals surface area contributed by atoms with Gasteiger partial charge in [-0.25, -0.2) is 4.39 Å². The number of rotatable bonds is 4. The minimum atomic E-state index is -0.542.